The molecule has 1 aromatic heterocycles. The number of hydrogen-bond donors (Lipinski definition) is 0. The molecule has 0 saturated carbocycles. The van der Waals surface area contributed by atoms with E-state index in [1.165, 1.54) is 11.8 Å². The van der Waals surface area contributed by atoms with Crippen molar-refractivity contribution in [1.29, 1.82) is 0 Å². The molecular formula is C20H20ClN3O2S. The van der Waals surface area contributed by atoms with Gasteiger partial charge in [0.05, 0.1) is 22.7 Å². The monoisotopic (exact) mass is 401 g/mol. The summed E-state index contributed by atoms with van der Waals surface area (Å²) in [5.41, 5.74) is 1.44. The molecule has 1 heterocycles. The van der Waals surface area contributed by atoms with Gasteiger partial charge in [-0.25, -0.2) is 4.98 Å². The van der Waals surface area contributed by atoms with E-state index in [0.717, 1.165) is 5.56 Å². The Balaban J connectivity index is 2.08. The Morgan fingerprint density at radius 3 is 2.52 bits per heavy atom. The number of benzene rings is 2. The van der Waals surface area contributed by atoms with Crippen LogP contribution in [-0.4, -0.2) is 39.7 Å². The number of fused-ring (bicyclic) bond motifs is 1. The van der Waals surface area contributed by atoms with Crippen LogP contribution >= 0.6 is 23.4 Å². The highest BCUT2D eigenvalue weighted by atomic mass is 35.5. The van der Waals surface area contributed by atoms with Crippen LogP contribution in [0.4, 0.5) is 0 Å². The zero-order valence-electron chi connectivity index (χ0n) is 15.3. The van der Waals surface area contributed by atoms with Gasteiger partial charge in [-0.05, 0) is 36.8 Å². The Labute approximate surface area is 167 Å². The van der Waals surface area contributed by atoms with Gasteiger partial charge in [0.15, 0.2) is 5.16 Å². The number of nitrogens with zero attached hydrogens (tertiary/aromatic N) is 3. The van der Waals surface area contributed by atoms with E-state index in [-0.39, 0.29) is 16.7 Å². The molecule has 27 heavy (non-hydrogen) atoms. The van der Waals surface area contributed by atoms with E-state index < -0.39 is 0 Å². The summed E-state index contributed by atoms with van der Waals surface area (Å²) in [5, 5.41) is 1.37. The highest BCUT2D eigenvalue weighted by molar-refractivity contribution is 8.00. The third kappa shape index (κ3) is 4.34. The molecular weight excluding hydrogens is 382 g/mol. The molecule has 3 aromatic rings. The zero-order valence-corrected chi connectivity index (χ0v) is 16.9. The maximum atomic E-state index is 13.1. The lowest BCUT2D eigenvalue weighted by Crippen LogP contribution is -2.31. The number of thioether (sulfide) groups is 1. The van der Waals surface area contributed by atoms with E-state index in [1.807, 2.05) is 37.3 Å². The lowest BCUT2D eigenvalue weighted by atomic mass is 10.2. The van der Waals surface area contributed by atoms with E-state index in [9.17, 15) is 9.59 Å². The standard InChI is InChI=1S/C20H20ClN3O2S/c1-13(18(25)23(2)3)27-20-22-17-7-5-4-6-16(17)19(26)24(20)12-14-8-10-15(21)11-9-14/h4-11,13H,12H2,1-3H3/t13-/m1/s1. The maximum Gasteiger partial charge on any atom is 0.262 e. The molecule has 7 heteroatoms. The van der Waals surface area contributed by atoms with Gasteiger partial charge in [-0.1, -0.05) is 47.6 Å². The van der Waals surface area contributed by atoms with Crippen LogP contribution in [0.3, 0.4) is 0 Å². The first-order chi connectivity index (χ1) is 12.9. The van der Waals surface area contributed by atoms with E-state index in [1.54, 1.807) is 41.8 Å². The third-order valence-electron chi connectivity index (χ3n) is 4.15. The minimum absolute atomic E-state index is 0.0274. The Kier molecular flexibility index (Phi) is 5.87. The second-order valence-corrected chi connectivity index (χ2v) is 8.17. The molecule has 140 valence electrons. The molecule has 3 rings (SSSR count). The quantitative estimate of drug-likeness (QED) is 0.483. The van der Waals surface area contributed by atoms with Crippen molar-refractivity contribution in [2.75, 3.05) is 14.1 Å². The summed E-state index contributed by atoms with van der Waals surface area (Å²) in [4.78, 5) is 31.6. The average Bonchev–Trinajstić information content (AvgIpc) is 2.65. The number of rotatable bonds is 5. The third-order valence-corrected chi connectivity index (χ3v) is 5.48. The SMILES string of the molecule is C[C@@H](Sc1nc2ccccc2c(=O)n1Cc1ccc(Cl)cc1)C(=O)N(C)C. The minimum Gasteiger partial charge on any atom is -0.348 e. The highest BCUT2D eigenvalue weighted by Gasteiger charge is 2.20. The Morgan fingerprint density at radius 1 is 1.19 bits per heavy atom. The molecule has 0 bridgehead atoms. The summed E-state index contributed by atoms with van der Waals surface area (Å²) in [6.45, 7) is 2.18. The molecule has 5 nitrogen and oxygen atoms in total. The van der Waals surface area contributed by atoms with Crippen molar-refractivity contribution in [3.05, 3.63) is 69.5 Å². The van der Waals surface area contributed by atoms with Gasteiger partial charge < -0.3 is 4.90 Å². The number of amides is 1. The Morgan fingerprint density at radius 2 is 1.85 bits per heavy atom. The molecule has 0 N–H and O–H groups in total. The summed E-state index contributed by atoms with van der Waals surface area (Å²) in [5.74, 6) is -0.0274. The van der Waals surface area contributed by atoms with Gasteiger partial charge in [0, 0.05) is 19.1 Å². The Bertz CT molecular complexity index is 1030. The van der Waals surface area contributed by atoms with Crippen molar-refractivity contribution < 1.29 is 4.79 Å². The predicted molar refractivity (Wildman–Crippen MR) is 111 cm³/mol. The first-order valence-electron chi connectivity index (χ1n) is 8.48. The number of halogens is 1. The summed E-state index contributed by atoms with van der Waals surface area (Å²) in [7, 11) is 3.43. The smallest absolute Gasteiger partial charge is 0.262 e. The van der Waals surface area contributed by atoms with Crippen LogP contribution in [0.25, 0.3) is 10.9 Å². The van der Waals surface area contributed by atoms with Gasteiger partial charge in [-0.3, -0.25) is 14.2 Å². The zero-order chi connectivity index (χ0) is 19.6. The molecule has 0 saturated heterocycles. The second kappa shape index (κ2) is 8.15. The summed E-state index contributed by atoms with van der Waals surface area (Å²) < 4.78 is 1.62. The lowest BCUT2D eigenvalue weighted by Gasteiger charge is -2.18. The number of carbonyl (C=O) groups is 1. The van der Waals surface area contributed by atoms with Gasteiger partial charge in [0.25, 0.3) is 5.56 Å². The number of para-hydroxylation sites is 1. The lowest BCUT2D eigenvalue weighted by molar-refractivity contribution is -0.127. The highest BCUT2D eigenvalue weighted by Crippen LogP contribution is 2.24. The Hall–Kier alpha value is -2.31. The molecule has 0 unspecified atom stereocenters. The molecule has 1 atom stereocenters. The first kappa shape index (κ1) is 19.5. The van der Waals surface area contributed by atoms with Crippen LogP contribution in [0.15, 0.2) is 58.5 Å². The van der Waals surface area contributed by atoms with Crippen molar-refractivity contribution in [3.63, 3.8) is 0 Å². The fourth-order valence-electron chi connectivity index (χ4n) is 2.72. The van der Waals surface area contributed by atoms with E-state index in [0.29, 0.717) is 27.6 Å². The first-order valence-corrected chi connectivity index (χ1v) is 9.74. The molecule has 2 aromatic carbocycles. The number of aromatic nitrogens is 2. The largest absolute Gasteiger partial charge is 0.348 e. The molecule has 0 aliphatic carbocycles. The van der Waals surface area contributed by atoms with Gasteiger partial charge in [0.2, 0.25) is 5.91 Å². The van der Waals surface area contributed by atoms with Gasteiger partial charge in [0.1, 0.15) is 0 Å². The maximum absolute atomic E-state index is 13.1. The summed E-state index contributed by atoms with van der Waals surface area (Å²) in [6.07, 6.45) is 0. The fraction of sp³-hybridized carbons (Fsp3) is 0.250. The van der Waals surface area contributed by atoms with Crippen molar-refractivity contribution in [3.8, 4) is 0 Å². The van der Waals surface area contributed by atoms with Gasteiger partial charge in [-0.2, -0.15) is 0 Å². The van der Waals surface area contributed by atoms with Gasteiger partial charge in [-0.15, -0.1) is 0 Å². The summed E-state index contributed by atoms with van der Waals surface area (Å²) >= 11 is 7.25. The minimum atomic E-state index is -0.357. The molecule has 0 radical (unpaired) electrons. The van der Waals surface area contributed by atoms with Crippen molar-refractivity contribution in [2.24, 2.45) is 0 Å². The molecule has 0 aliphatic heterocycles. The van der Waals surface area contributed by atoms with Crippen LogP contribution < -0.4 is 5.56 Å². The second-order valence-electron chi connectivity index (χ2n) is 6.42. The molecule has 0 fully saturated rings. The van der Waals surface area contributed by atoms with Crippen LogP contribution in [-0.2, 0) is 11.3 Å². The molecule has 0 spiro atoms. The van der Waals surface area contributed by atoms with E-state index in [4.69, 9.17) is 11.6 Å². The van der Waals surface area contributed by atoms with E-state index >= 15 is 0 Å². The van der Waals surface area contributed by atoms with Crippen molar-refractivity contribution >= 4 is 40.2 Å². The fourth-order valence-corrected chi connectivity index (χ4v) is 3.90. The average molecular weight is 402 g/mol. The topological polar surface area (TPSA) is 55.2 Å². The summed E-state index contributed by atoms with van der Waals surface area (Å²) in [6, 6.07) is 14.6. The van der Waals surface area contributed by atoms with E-state index in [2.05, 4.69) is 4.98 Å². The van der Waals surface area contributed by atoms with Crippen LogP contribution in [0.5, 0.6) is 0 Å². The van der Waals surface area contributed by atoms with Crippen LogP contribution in [0.2, 0.25) is 5.02 Å². The normalized spacial score (nSPS) is 12.1. The number of carbonyl (C=O) groups excluding carboxylic acids is 1. The molecule has 1 amide bonds. The van der Waals surface area contributed by atoms with Crippen LogP contribution in [0, 0.1) is 0 Å². The predicted octanol–water partition coefficient (Wildman–Crippen LogP) is 3.67. The van der Waals surface area contributed by atoms with Crippen LogP contribution in [0.1, 0.15) is 12.5 Å². The van der Waals surface area contributed by atoms with Crippen molar-refractivity contribution in [1.82, 2.24) is 14.5 Å². The van der Waals surface area contributed by atoms with Gasteiger partial charge >= 0.3 is 0 Å². The van der Waals surface area contributed by atoms with Crippen molar-refractivity contribution in [2.45, 2.75) is 23.9 Å². The number of hydrogen-bond acceptors (Lipinski definition) is 4. The molecule has 0 aliphatic rings.